The zero-order valence-corrected chi connectivity index (χ0v) is 12.3. The summed E-state index contributed by atoms with van der Waals surface area (Å²) < 4.78 is 0. The van der Waals surface area contributed by atoms with Gasteiger partial charge in [0.05, 0.1) is 0 Å². The van der Waals surface area contributed by atoms with E-state index >= 15 is 0 Å². The van der Waals surface area contributed by atoms with Crippen molar-refractivity contribution in [1.29, 1.82) is 0 Å². The maximum Gasteiger partial charge on any atom is 0.0465 e. The van der Waals surface area contributed by atoms with Gasteiger partial charge in [0, 0.05) is 47.8 Å². The number of halogens is 2. The smallest absolute Gasteiger partial charge is 0.0465 e. The minimum atomic E-state index is 0.594. The van der Waals surface area contributed by atoms with Crippen molar-refractivity contribution in [3.05, 3.63) is 33.8 Å². The van der Waals surface area contributed by atoms with Crippen molar-refractivity contribution in [2.45, 2.75) is 32.4 Å². The largest absolute Gasteiger partial charge is 0.314 e. The van der Waals surface area contributed by atoms with E-state index in [-0.39, 0.29) is 0 Å². The highest BCUT2D eigenvalue weighted by Crippen LogP contribution is 2.27. The van der Waals surface area contributed by atoms with Crippen LogP contribution in [0, 0.1) is 0 Å². The number of nitrogens with one attached hydrogen (secondary N) is 1. The highest BCUT2D eigenvalue weighted by molar-refractivity contribution is 6.35. The Hall–Kier alpha value is -0.280. The number of hydrogen-bond donors (Lipinski definition) is 1. The number of nitrogens with zero attached hydrogens (tertiary/aromatic N) is 1. The van der Waals surface area contributed by atoms with Gasteiger partial charge in [0.2, 0.25) is 0 Å². The predicted molar refractivity (Wildman–Crippen MR) is 78.4 cm³/mol. The van der Waals surface area contributed by atoms with Gasteiger partial charge < -0.3 is 5.32 Å². The molecule has 1 fully saturated rings. The zero-order valence-electron chi connectivity index (χ0n) is 10.8. The fraction of sp³-hybridized carbons (Fsp3) is 0.571. The average molecular weight is 287 g/mol. The van der Waals surface area contributed by atoms with Crippen LogP contribution in [-0.4, -0.2) is 30.6 Å². The maximum atomic E-state index is 6.25. The van der Waals surface area contributed by atoms with Crippen molar-refractivity contribution in [3.8, 4) is 0 Å². The third-order valence-electron chi connectivity index (χ3n) is 3.52. The first-order valence-electron chi connectivity index (χ1n) is 6.60. The Morgan fingerprint density at radius 1 is 1.33 bits per heavy atom. The Balaban J connectivity index is 2.11. The minimum Gasteiger partial charge on any atom is -0.314 e. The number of rotatable bonds is 4. The van der Waals surface area contributed by atoms with Gasteiger partial charge in [-0.1, -0.05) is 42.6 Å². The molecule has 1 saturated heterocycles. The molecule has 0 bridgehead atoms. The third kappa shape index (κ3) is 3.39. The molecule has 1 aliphatic rings. The van der Waals surface area contributed by atoms with Gasteiger partial charge in [-0.3, -0.25) is 4.90 Å². The molecular weight excluding hydrogens is 267 g/mol. The quantitative estimate of drug-likeness (QED) is 0.910. The molecule has 0 saturated carbocycles. The molecule has 0 radical (unpaired) electrons. The normalized spacial score (nSPS) is 21.2. The summed E-state index contributed by atoms with van der Waals surface area (Å²) in [5.74, 6) is 0. The molecule has 0 aromatic heterocycles. The van der Waals surface area contributed by atoms with Crippen LogP contribution in [0.25, 0.3) is 0 Å². The fourth-order valence-electron chi connectivity index (χ4n) is 2.52. The SMILES string of the molecule is CCCC1CNCCN1Cc1c(Cl)cccc1Cl. The topological polar surface area (TPSA) is 15.3 Å². The summed E-state index contributed by atoms with van der Waals surface area (Å²) in [6, 6.07) is 6.32. The van der Waals surface area contributed by atoms with E-state index in [0.717, 1.165) is 41.8 Å². The molecule has 0 spiro atoms. The first kappa shape index (κ1) is 14.1. The van der Waals surface area contributed by atoms with Gasteiger partial charge in [-0.2, -0.15) is 0 Å². The summed E-state index contributed by atoms with van der Waals surface area (Å²) in [4.78, 5) is 2.49. The zero-order chi connectivity index (χ0) is 13.0. The summed E-state index contributed by atoms with van der Waals surface area (Å²) in [6.45, 7) is 6.25. The van der Waals surface area contributed by atoms with Crippen molar-refractivity contribution >= 4 is 23.2 Å². The second-order valence-corrected chi connectivity index (χ2v) is 5.63. The molecule has 1 aromatic carbocycles. The number of piperazine rings is 1. The molecule has 1 N–H and O–H groups in total. The van der Waals surface area contributed by atoms with Crippen LogP contribution in [0.5, 0.6) is 0 Å². The molecule has 18 heavy (non-hydrogen) atoms. The number of hydrogen-bond acceptors (Lipinski definition) is 2. The van der Waals surface area contributed by atoms with Crippen molar-refractivity contribution in [1.82, 2.24) is 10.2 Å². The Labute approximate surface area is 119 Å². The van der Waals surface area contributed by atoms with E-state index in [4.69, 9.17) is 23.2 Å². The summed E-state index contributed by atoms with van der Waals surface area (Å²) in [5.41, 5.74) is 1.06. The van der Waals surface area contributed by atoms with Gasteiger partial charge in [0.15, 0.2) is 0 Å². The minimum absolute atomic E-state index is 0.594. The van der Waals surface area contributed by atoms with Crippen molar-refractivity contribution < 1.29 is 0 Å². The van der Waals surface area contributed by atoms with E-state index in [9.17, 15) is 0 Å². The molecule has 0 amide bonds. The molecular formula is C14H20Cl2N2. The fourth-order valence-corrected chi connectivity index (χ4v) is 3.03. The molecule has 1 aliphatic heterocycles. The standard InChI is InChI=1S/C14H20Cl2N2/c1-2-4-11-9-17-7-8-18(11)10-12-13(15)5-3-6-14(12)16/h3,5-6,11,17H,2,4,7-10H2,1H3. The van der Waals surface area contributed by atoms with Crippen LogP contribution in [0.3, 0.4) is 0 Å². The van der Waals surface area contributed by atoms with E-state index in [1.165, 1.54) is 12.8 Å². The Morgan fingerprint density at radius 2 is 2.06 bits per heavy atom. The average Bonchev–Trinajstić information content (AvgIpc) is 2.36. The summed E-state index contributed by atoms with van der Waals surface area (Å²) in [6.07, 6.45) is 2.42. The lowest BCUT2D eigenvalue weighted by atomic mass is 10.1. The van der Waals surface area contributed by atoms with Gasteiger partial charge in [0.25, 0.3) is 0 Å². The van der Waals surface area contributed by atoms with Gasteiger partial charge >= 0.3 is 0 Å². The van der Waals surface area contributed by atoms with Crippen LogP contribution in [0.4, 0.5) is 0 Å². The number of benzene rings is 1. The van der Waals surface area contributed by atoms with E-state index in [0.29, 0.717) is 6.04 Å². The second-order valence-electron chi connectivity index (χ2n) is 4.82. The van der Waals surface area contributed by atoms with E-state index in [1.54, 1.807) is 0 Å². The molecule has 2 rings (SSSR count). The van der Waals surface area contributed by atoms with Crippen LogP contribution in [0.2, 0.25) is 10.0 Å². The highest BCUT2D eigenvalue weighted by Gasteiger charge is 2.22. The van der Waals surface area contributed by atoms with Gasteiger partial charge in [-0.05, 0) is 18.6 Å². The van der Waals surface area contributed by atoms with Crippen LogP contribution in [0.15, 0.2) is 18.2 Å². The molecule has 1 atom stereocenters. The molecule has 1 heterocycles. The first-order chi connectivity index (χ1) is 8.72. The van der Waals surface area contributed by atoms with Crippen molar-refractivity contribution in [3.63, 3.8) is 0 Å². The lowest BCUT2D eigenvalue weighted by Gasteiger charge is -2.36. The summed E-state index contributed by atoms with van der Waals surface area (Å²) in [5, 5.41) is 5.01. The van der Waals surface area contributed by atoms with E-state index < -0.39 is 0 Å². The van der Waals surface area contributed by atoms with Gasteiger partial charge in [-0.25, -0.2) is 0 Å². The molecule has 1 aromatic rings. The summed E-state index contributed by atoms with van der Waals surface area (Å²) >= 11 is 12.5. The monoisotopic (exact) mass is 286 g/mol. The van der Waals surface area contributed by atoms with Crippen LogP contribution in [0.1, 0.15) is 25.3 Å². The lowest BCUT2D eigenvalue weighted by Crippen LogP contribution is -2.50. The Morgan fingerprint density at radius 3 is 2.72 bits per heavy atom. The Bertz CT molecular complexity index is 373. The predicted octanol–water partition coefficient (Wildman–Crippen LogP) is 3.57. The molecule has 0 aliphatic carbocycles. The van der Waals surface area contributed by atoms with Crippen molar-refractivity contribution in [2.75, 3.05) is 19.6 Å². The van der Waals surface area contributed by atoms with Crippen LogP contribution >= 0.6 is 23.2 Å². The van der Waals surface area contributed by atoms with Gasteiger partial charge in [0.1, 0.15) is 0 Å². The lowest BCUT2D eigenvalue weighted by molar-refractivity contribution is 0.144. The summed E-state index contributed by atoms with van der Waals surface area (Å²) in [7, 11) is 0. The Kier molecular flexibility index (Phi) is 5.31. The van der Waals surface area contributed by atoms with Crippen LogP contribution in [-0.2, 0) is 6.54 Å². The molecule has 2 nitrogen and oxygen atoms in total. The molecule has 100 valence electrons. The van der Waals surface area contributed by atoms with E-state index in [2.05, 4.69) is 17.1 Å². The second kappa shape index (κ2) is 6.76. The first-order valence-corrected chi connectivity index (χ1v) is 7.35. The molecule has 4 heteroatoms. The maximum absolute atomic E-state index is 6.25. The van der Waals surface area contributed by atoms with Crippen LogP contribution < -0.4 is 5.32 Å². The molecule has 1 unspecified atom stereocenters. The van der Waals surface area contributed by atoms with Gasteiger partial charge in [-0.15, -0.1) is 0 Å². The third-order valence-corrected chi connectivity index (χ3v) is 4.23. The van der Waals surface area contributed by atoms with E-state index in [1.807, 2.05) is 18.2 Å². The van der Waals surface area contributed by atoms with Crippen molar-refractivity contribution in [2.24, 2.45) is 0 Å². The highest BCUT2D eigenvalue weighted by atomic mass is 35.5.